The van der Waals surface area contributed by atoms with E-state index in [1.165, 1.54) is 37.7 Å². The molecule has 2 atom stereocenters. The average molecular weight is 538 g/mol. The van der Waals surface area contributed by atoms with E-state index in [2.05, 4.69) is 32.5 Å². The summed E-state index contributed by atoms with van der Waals surface area (Å²) in [5, 5.41) is 9.01. The van der Waals surface area contributed by atoms with Crippen LogP contribution in [0, 0.1) is 0 Å². The van der Waals surface area contributed by atoms with E-state index in [4.69, 9.17) is 37.4 Å². The Morgan fingerprint density at radius 3 is 2.51 bits per heavy atom. The van der Waals surface area contributed by atoms with Crippen molar-refractivity contribution in [1.82, 2.24) is 15.3 Å². The van der Waals surface area contributed by atoms with Crippen molar-refractivity contribution in [3.8, 4) is 11.5 Å². The number of nitrogens with one attached hydrogen (secondary N) is 3. The molecule has 184 valence electrons. The minimum Gasteiger partial charge on any atom is -0.495 e. The Morgan fingerprint density at radius 2 is 1.86 bits per heavy atom. The molecule has 1 saturated heterocycles. The van der Waals surface area contributed by atoms with Gasteiger partial charge in [-0.3, -0.25) is 9.59 Å². The summed E-state index contributed by atoms with van der Waals surface area (Å²) in [7, 11) is 2.90. The van der Waals surface area contributed by atoms with Crippen molar-refractivity contribution in [2.45, 2.75) is 12.1 Å². The van der Waals surface area contributed by atoms with E-state index < -0.39 is 5.91 Å². The molecule has 0 radical (unpaired) electrons. The van der Waals surface area contributed by atoms with Gasteiger partial charge >= 0.3 is 0 Å². The normalized spacial score (nSPS) is 17.1. The number of rotatable bonds is 8. The van der Waals surface area contributed by atoms with Crippen LogP contribution in [-0.2, 0) is 9.53 Å². The molecular formula is C22H21Cl2N5O5S. The van der Waals surface area contributed by atoms with Gasteiger partial charge in [0.15, 0.2) is 0 Å². The number of hydrogen-bond donors (Lipinski definition) is 3. The van der Waals surface area contributed by atoms with Crippen LogP contribution in [0.5, 0.6) is 11.5 Å². The van der Waals surface area contributed by atoms with Gasteiger partial charge in [-0.25, -0.2) is 9.97 Å². The summed E-state index contributed by atoms with van der Waals surface area (Å²) in [4.78, 5) is 33.8. The smallest absolute Gasteiger partial charge is 0.265 e. The van der Waals surface area contributed by atoms with E-state index in [0.29, 0.717) is 45.8 Å². The first kappa shape index (κ1) is 25.0. The predicted octanol–water partition coefficient (Wildman–Crippen LogP) is 3.75. The molecule has 1 aliphatic rings. The Hall–Kier alpha value is -3.12. The zero-order valence-electron chi connectivity index (χ0n) is 18.7. The second-order valence-electron chi connectivity index (χ2n) is 7.40. The van der Waals surface area contributed by atoms with Crippen LogP contribution in [0.15, 0.2) is 31.0 Å². The average Bonchev–Trinajstić information content (AvgIpc) is 3.48. The highest BCUT2D eigenvalue weighted by atomic mass is 35.5. The first-order valence-corrected chi connectivity index (χ1v) is 11.9. The van der Waals surface area contributed by atoms with Crippen molar-refractivity contribution in [2.24, 2.45) is 0 Å². The number of nitrogens with zero attached hydrogens (tertiary/aromatic N) is 2. The Bertz CT molecular complexity index is 1270. The Balaban J connectivity index is 1.53. The fourth-order valence-electron chi connectivity index (χ4n) is 3.44. The summed E-state index contributed by atoms with van der Waals surface area (Å²) >= 11 is 13.9. The number of amides is 2. The second-order valence-corrected chi connectivity index (χ2v) is 9.24. The van der Waals surface area contributed by atoms with Crippen LogP contribution in [0.4, 0.5) is 11.6 Å². The number of thiophene rings is 1. The lowest BCUT2D eigenvalue weighted by Crippen LogP contribution is -2.45. The van der Waals surface area contributed by atoms with Gasteiger partial charge in [0.25, 0.3) is 5.91 Å². The monoisotopic (exact) mass is 537 g/mol. The summed E-state index contributed by atoms with van der Waals surface area (Å²) in [5.41, 5.74) is 0.748. The summed E-state index contributed by atoms with van der Waals surface area (Å²) in [6.07, 6.45) is 2.83. The van der Waals surface area contributed by atoms with Gasteiger partial charge in [-0.15, -0.1) is 11.3 Å². The number of methoxy groups -OCH3 is 2. The van der Waals surface area contributed by atoms with Crippen molar-refractivity contribution in [1.29, 1.82) is 0 Å². The fraction of sp³-hybridized carbons (Fsp3) is 0.273. The van der Waals surface area contributed by atoms with Crippen LogP contribution >= 0.6 is 34.5 Å². The number of hydrogen-bond acceptors (Lipinski definition) is 9. The van der Waals surface area contributed by atoms with Gasteiger partial charge in [0.05, 0.1) is 66.5 Å². The van der Waals surface area contributed by atoms with E-state index >= 15 is 0 Å². The summed E-state index contributed by atoms with van der Waals surface area (Å²) in [6, 6.07) is 2.71. The number of fused-ring (bicyclic) bond motifs is 1. The highest BCUT2D eigenvalue weighted by molar-refractivity contribution is 7.20. The number of carbonyl (C=O) groups excluding carboxylic acids is 2. The van der Waals surface area contributed by atoms with Crippen molar-refractivity contribution in [3.05, 3.63) is 45.9 Å². The van der Waals surface area contributed by atoms with E-state index in [0.717, 1.165) is 0 Å². The maximum Gasteiger partial charge on any atom is 0.265 e. The van der Waals surface area contributed by atoms with E-state index in [9.17, 15) is 9.59 Å². The van der Waals surface area contributed by atoms with Crippen molar-refractivity contribution < 1.29 is 23.8 Å². The molecule has 3 aromatic rings. The van der Waals surface area contributed by atoms with Crippen LogP contribution in [0.25, 0.3) is 10.2 Å². The van der Waals surface area contributed by atoms with Gasteiger partial charge < -0.3 is 30.2 Å². The Kier molecular flexibility index (Phi) is 7.60. The van der Waals surface area contributed by atoms with Crippen LogP contribution in [-0.4, -0.2) is 61.3 Å². The topological polar surface area (TPSA) is 124 Å². The van der Waals surface area contributed by atoms with Gasteiger partial charge in [-0.05, 0) is 12.1 Å². The lowest BCUT2D eigenvalue weighted by atomic mass is 10.1. The van der Waals surface area contributed by atoms with Crippen molar-refractivity contribution in [2.75, 3.05) is 38.1 Å². The maximum absolute atomic E-state index is 13.0. The zero-order valence-corrected chi connectivity index (χ0v) is 21.0. The maximum atomic E-state index is 13.0. The van der Waals surface area contributed by atoms with Gasteiger partial charge in [0.1, 0.15) is 21.5 Å². The Morgan fingerprint density at radius 1 is 1.17 bits per heavy atom. The molecule has 0 bridgehead atoms. The third-order valence-corrected chi connectivity index (χ3v) is 7.02. The summed E-state index contributed by atoms with van der Waals surface area (Å²) in [5.74, 6) is 0.238. The quantitative estimate of drug-likeness (QED) is 0.371. The molecule has 2 aromatic heterocycles. The number of anilines is 2. The first-order chi connectivity index (χ1) is 16.8. The third kappa shape index (κ3) is 5.27. The predicted molar refractivity (Wildman–Crippen MR) is 135 cm³/mol. The van der Waals surface area contributed by atoms with Crippen LogP contribution in [0.3, 0.4) is 0 Å². The molecule has 4 rings (SSSR count). The van der Waals surface area contributed by atoms with Gasteiger partial charge in [0.2, 0.25) is 11.9 Å². The first-order valence-electron chi connectivity index (χ1n) is 10.3. The molecule has 1 aliphatic heterocycles. The summed E-state index contributed by atoms with van der Waals surface area (Å²) < 4.78 is 16.7. The molecule has 0 spiro atoms. The van der Waals surface area contributed by atoms with Crippen molar-refractivity contribution >= 4 is 68.2 Å². The minimum atomic E-state index is -0.432. The van der Waals surface area contributed by atoms with E-state index in [1.54, 1.807) is 12.3 Å². The molecule has 2 unspecified atom stereocenters. The minimum absolute atomic E-state index is 0.149. The highest BCUT2D eigenvalue weighted by Gasteiger charge is 2.30. The van der Waals surface area contributed by atoms with Crippen molar-refractivity contribution in [3.63, 3.8) is 0 Å². The van der Waals surface area contributed by atoms with E-state index in [-0.39, 0.29) is 33.7 Å². The van der Waals surface area contributed by atoms with Crippen LogP contribution in [0.1, 0.15) is 9.67 Å². The molecule has 2 amide bonds. The molecule has 0 saturated carbocycles. The second kappa shape index (κ2) is 10.6. The van der Waals surface area contributed by atoms with Crippen LogP contribution in [0.2, 0.25) is 10.0 Å². The lowest BCUT2D eigenvalue weighted by molar-refractivity contribution is -0.117. The standard InChI is InChI=1S/C22H21Cl2N5O5S/c1-4-17(30)26-11-8-34-9-12(11)28-22-25-7-16-10(27-22)5-15(35-16)21(31)29-20-18(23)13(32-2)6-14(33-3)19(20)24/h4-7,11-12H,1,8-9H2,2-3H3,(H,26,30)(H,29,31)(H,25,27,28). The van der Waals surface area contributed by atoms with Gasteiger partial charge in [-0.2, -0.15) is 0 Å². The van der Waals surface area contributed by atoms with Gasteiger partial charge in [-0.1, -0.05) is 29.8 Å². The van der Waals surface area contributed by atoms with Crippen LogP contribution < -0.4 is 25.4 Å². The SMILES string of the molecule is C=CC(=O)NC1COCC1Nc1ncc2sc(C(=O)Nc3c(Cl)c(OC)cc(OC)c3Cl)cc2n1. The molecule has 10 nitrogen and oxygen atoms in total. The molecule has 35 heavy (non-hydrogen) atoms. The number of ether oxygens (including phenoxy) is 3. The molecular weight excluding hydrogens is 517 g/mol. The number of benzene rings is 1. The molecule has 1 fully saturated rings. The molecule has 13 heteroatoms. The van der Waals surface area contributed by atoms with E-state index in [1.807, 2.05) is 0 Å². The lowest BCUT2D eigenvalue weighted by Gasteiger charge is -2.19. The fourth-order valence-corrected chi connectivity index (χ4v) is 4.90. The van der Waals surface area contributed by atoms with Gasteiger partial charge in [0, 0.05) is 6.07 Å². The Labute approximate surface area is 214 Å². The molecule has 0 aliphatic carbocycles. The number of halogens is 2. The zero-order chi connectivity index (χ0) is 25.1. The number of carbonyl (C=O) groups is 2. The third-order valence-electron chi connectivity index (χ3n) is 5.21. The summed E-state index contributed by atoms with van der Waals surface area (Å²) in [6.45, 7) is 4.20. The molecule has 1 aromatic carbocycles. The molecule has 3 heterocycles. The highest BCUT2D eigenvalue weighted by Crippen LogP contribution is 2.44. The number of aromatic nitrogens is 2. The largest absolute Gasteiger partial charge is 0.495 e. The molecule has 3 N–H and O–H groups in total.